The van der Waals surface area contributed by atoms with E-state index in [1.54, 1.807) is 0 Å². The summed E-state index contributed by atoms with van der Waals surface area (Å²) in [5.41, 5.74) is 2.18. The molecule has 1 saturated heterocycles. The van der Waals surface area contributed by atoms with Gasteiger partial charge in [-0.25, -0.2) is 0 Å². The van der Waals surface area contributed by atoms with Crippen molar-refractivity contribution in [3.05, 3.63) is 65.7 Å². The monoisotopic (exact) mass is 335 g/mol. The van der Waals surface area contributed by atoms with Gasteiger partial charge in [-0.05, 0) is 37.2 Å². The van der Waals surface area contributed by atoms with E-state index in [0.29, 0.717) is 12.6 Å². The minimum atomic E-state index is -0.202. The van der Waals surface area contributed by atoms with Crippen LogP contribution in [-0.2, 0) is 6.61 Å². The third kappa shape index (κ3) is 4.39. The SMILES string of the molecule is CC1CN(C)CCN1C(C#N)c1ccc(OCc2ccccc2)cc1. The van der Waals surface area contributed by atoms with Gasteiger partial charge in [-0.15, -0.1) is 0 Å². The molecule has 2 aromatic carbocycles. The molecule has 25 heavy (non-hydrogen) atoms. The van der Waals surface area contributed by atoms with Crippen LogP contribution in [0.25, 0.3) is 0 Å². The van der Waals surface area contributed by atoms with E-state index in [1.807, 2.05) is 42.5 Å². The smallest absolute Gasteiger partial charge is 0.124 e. The number of hydrogen-bond acceptors (Lipinski definition) is 4. The molecule has 4 nitrogen and oxygen atoms in total. The van der Waals surface area contributed by atoms with E-state index in [9.17, 15) is 5.26 Å². The Morgan fingerprint density at radius 3 is 2.48 bits per heavy atom. The minimum Gasteiger partial charge on any atom is -0.489 e. The molecule has 0 saturated carbocycles. The van der Waals surface area contributed by atoms with Crippen molar-refractivity contribution < 1.29 is 4.74 Å². The lowest BCUT2D eigenvalue weighted by Crippen LogP contribution is -2.51. The lowest BCUT2D eigenvalue weighted by molar-refractivity contribution is 0.0796. The van der Waals surface area contributed by atoms with Crippen molar-refractivity contribution >= 4 is 0 Å². The molecule has 0 amide bonds. The zero-order valence-electron chi connectivity index (χ0n) is 14.9. The summed E-state index contributed by atoms with van der Waals surface area (Å²) in [5, 5.41) is 9.70. The molecule has 2 atom stereocenters. The van der Waals surface area contributed by atoms with Crippen molar-refractivity contribution in [2.24, 2.45) is 0 Å². The normalized spacial score (nSPS) is 20.0. The third-order valence-corrected chi connectivity index (χ3v) is 4.78. The number of nitriles is 1. The van der Waals surface area contributed by atoms with Crippen LogP contribution in [0.4, 0.5) is 0 Å². The van der Waals surface area contributed by atoms with Crippen LogP contribution in [0.5, 0.6) is 5.75 Å². The third-order valence-electron chi connectivity index (χ3n) is 4.78. The van der Waals surface area contributed by atoms with Gasteiger partial charge in [-0.3, -0.25) is 4.90 Å². The number of rotatable bonds is 5. The molecule has 1 aliphatic heterocycles. The number of piperazine rings is 1. The highest BCUT2D eigenvalue weighted by atomic mass is 16.5. The summed E-state index contributed by atoms with van der Waals surface area (Å²) in [6.07, 6.45) is 0. The van der Waals surface area contributed by atoms with Gasteiger partial charge in [0.15, 0.2) is 0 Å². The summed E-state index contributed by atoms with van der Waals surface area (Å²) in [6, 6.07) is 20.7. The maximum Gasteiger partial charge on any atom is 0.124 e. The van der Waals surface area contributed by atoms with Crippen LogP contribution in [-0.4, -0.2) is 42.5 Å². The first-order valence-electron chi connectivity index (χ1n) is 8.78. The summed E-state index contributed by atoms with van der Waals surface area (Å²) in [4.78, 5) is 4.61. The number of ether oxygens (including phenoxy) is 1. The second kappa shape index (κ2) is 8.15. The van der Waals surface area contributed by atoms with Crippen LogP contribution in [0.15, 0.2) is 54.6 Å². The van der Waals surface area contributed by atoms with E-state index in [4.69, 9.17) is 4.74 Å². The molecule has 1 heterocycles. The van der Waals surface area contributed by atoms with E-state index in [-0.39, 0.29) is 6.04 Å². The molecule has 0 N–H and O–H groups in total. The van der Waals surface area contributed by atoms with Crippen LogP contribution in [0.1, 0.15) is 24.1 Å². The van der Waals surface area contributed by atoms with E-state index >= 15 is 0 Å². The molecular formula is C21H25N3O. The first-order chi connectivity index (χ1) is 12.2. The number of likely N-dealkylation sites (N-methyl/N-ethyl adjacent to an activating group) is 1. The van der Waals surface area contributed by atoms with Crippen LogP contribution < -0.4 is 4.74 Å². The molecule has 0 bridgehead atoms. The first-order valence-corrected chi connectivity index (χ1v) is 8.78. The first kappa shape index (κ1) is 17.5. The molecule has 3 rings (SSSR count). The summed E-state index contributed by atoms with van der Waals surface area (Å²) in [5.74, 6) is 0.829. The average molecular weight is 335 g/mol. The molecule has 0 spiro atoms. The van der Waals surface area contributed by atoms with Gasteiger partial charge in [0.2, 0.25) is 0 Å². The highest BCUT2D eigenvalue weighted by Gasteiger charge is 2.29. The van der Waals surface area contributed by atoms with Crippen LogP contribution >= 0.6 is 0 Å². The van der Waals surface area contributed by atoms with E-state index in [0.717, 1.165) is 36.5 Å². The molecular weight excluding hydrogens is 310 g/mol. The Bertz CT molecular complexity index is 708. The van der Waals surface area contributed by atoms with Crippen molar-refractivity contribution in [1.29, 1.82) is 5.26 Å². The molecule has 0 aromatic heterocycles. The van der Waals surface area contributed by atoms with Crippen LogP contribution in [0.3, 0.4) is 0 Å². The fourth-order valence-electron chi connectivity index (χ4n) is 3.36. The van der Waals surface area contributed by atoms with Crippen molar-refractivity contribution in [3.63, 3.8) is 0 Å². The van der Waals surface area contributed by atoms with E-state index in [1.165, 1.54) is 0 Å². The lowest BCUT2D eigenvalue weighted by atomic mass is 10.0. The van der Waals surface area contributed by atoms with Crippen molar-refractivity contribution in [3.8, 4) is 11.8 Å². The topological polar surface area (TPSA) is 39.5 Å². The molecule has 0 aliphatic carbocycles. The molecule has 4 heteroatoms. The van der Waals surface area contributed by atoms with Gasteiger partial charge in [-0.1, -0.05) is 42.5 Å². The predicted octanol–water partition coefficient (Wildman–Crippen LogP) is 3.47. The molecule has 1 aliphatic rings. The van der Waals surface area contributed by atoms with Crippen molar-refractivity contribution in [2.75, 3.05) is 26.7 Å². The Morgan fingerprint density at radius 2 is 1.84 bits per heavy atom. The molecule has 0 radical (unpaired) electrons. The Hall–Kier alpha value is -2.35. The molecule has 1 fully saturated rings. The standard InChI is InChI=1S/C21H25N3O/c1-17-15-23(2)12-13-24(17)21(14-22)19-8-10-20(11-9-19)25-16-18-6-4-3-5-7-18/h3-11,17,21H,12-13,15-16H2,1-2H3. The van der Waals surface area contributed by atoms with Gasteiger partial charge < -0.3 is 9.64 Å². The van der Waals surface area contributed by atoms with Crippen molar-refractivity contribution in [1.82, 2.24) is 9.80 Å². The van der Waals surface area contributed by atoms with E-state index in [2.05, 4.69) is 42.0 Å². The Morgan fingerprint density at radius 1 is 1.12 bits per heavy atom. The van der Waals surface area contributed by atoms with E-state index < -0.39 is 0 Å². The minimum absolute atomic E-state index is 0.202. The molecule has 2 unspecified atom stereocenters. The predicted molar refractivity (Wildman–Crippen MR) is 99.2 cm³/mol. The maximum atomic E-state index is 9.70. The Kier molecular flexibility index (Phi) is 5.70. The summed E-state index contributed by atoms with van der Waals surface area (Å²) < 4.78 is 5.84. The zero-order chi connectivity index (χ0) is 17.6. The average Bonchev–Trinajstić information content (AvgIpc) is 2.64. The zero-order valence-corrected chi connectivity index (χ0v) is 14.9. The Balaban J connectivity index is 1.65. The van der Waals surface area contributed by atoms with Gasteiger partial charge in [0.1, 0.15) is 18.4 Å². The molecule has 2 aromatic rings. The van der Waals surface area contributed by atoms with Gasteiger partial charge in [0.25, 0.3) is 0 Å². The van der Waals surface area contributed by atoms with Gasteiger partial charge in [-0.2, -0.15) is 5.26 Å². The Labute approximate surface area is 150 Å². The number of benzene rings is 2. The number of hydrogen-bond donors (Lipinski definition) is 0. The largest absolute Gasteiger partial charge is 0.489 e. The van der Waals surface area contributed by atoms with Gasteiger partial charge in [0.05, 0.1) is 6.07 Å². The molecule has 130 valence electrons. The second-order valence-electron chi connectivity index (χ2n) is 6.72. The van der Waals surface area contributed by atoms with Crippen molar-refractivity contribution in [2.45, 2.75) is 25.6 Å². The lowest BCUT2D eigenvalue weighted by Gasteiger charge is -2.40. The maximum absolute atomic E-state index is 9.70. The summed E-state index contributed by atoms with van der Waals surface area (Å²) in [6.45, 7) is 5.66. The number of nitrogens with zero attached hydrogens (tertiary/aromatic N) is 3. The van der Waals surface area contributed by atoms with Crippen LogP contribution in [0.2, 0.25) is 0 Å². The van der Waals surface area contributed by atoms with Crippen LogP contribution in [0, 0.1) is 11.3 Å². The quantitative estimate of drug-likeness (QED) is 0.839. The van der Waals surface area contributed by atoms with Gasteiger partial charge in [0, 0.05) is 25.7 Å². The van der Waals surface area contributed by atoms with Gasteiger partial charge >= 0.3 is 0 Å². The summed E-state index contributed by atoms with van der Waals surface area (Å²) >= 11 is 0. The fraction of sp³-hybridized carbons (Fsp3) is 0.381. The fourth-order valence-corrected chi connectivity index (χ4v) is 3.36. The highest BCUT2D eigenvalue weighted by molar-refractivity contribution is 5.32. The summed E-state index contributed by atoms with van der Waals surface area (Å²) in [7, 11) is 2.13. The second-order valence-corrected chi connectivity index (χ2v) is 6.72. The highest BCUT2D eigenvalue weighted by Crippen LogP contribution is 2.26.